The number of allylic oxidation sites excluding steroid dienone is 1. The molecule has 0 saturated heterocycles. The van der Waals surface area contributed by atoms with E-state index in [9.17, 15) is 14.7 Å². The number of carbonyl (C=O) groups excluding carboxylic acids is 1. The van der Waals surface area contributed by atoms with Crippen LogP contribution in [-0.2, 0) is 0 Å². The van der Waals surface area contributed by atoms with Gasteiger partial charge >= 0.3 is 0 Å². The summed E-state index contributed by atoms with van der Waals surface area (Å²) in [5.41, 5.74) is 2.47. The molecule has 4 rings (SSSR count). The minimum absolute atomic E-state index is 0.0137. The minimum atomic E-state index is -0.235. The maximum absolute atomic E-state index is 12.4. The van der Waals surface area contributed by atoms with Gasteiger partial charge in [-0.25, -0.2) is 4.98 Å². The van der Waals surface area contributed by atoms with Gasteiger partial charge in [-0.1, -0.05) is 19.1 Å². The maximum atomic E-state index is 12.4. The van der Waals surface area contributed by atoms with Crippen LogP contribution < -0.4 is 10.9 Å². The Kier molecular flexibility index (Phi) is 3.32. The molecule has 1 aliphatic carbocycles. The predicted molar refractivity (Wildman–Crippen MR) is 92.2 cm³/mol. The van der Waals surface area contributed by atoms with Gasteiger partial charge in [-0.05, 0) is 23.8 Å². The highest BCUT2D eigenvalue weighted by Gasteiger charge is 2.17. The van der Waals surface area contributed by atoms with Crippen molar-refractivity contribution in [1.82, 2.24) is 9.38 Å². The van der Waals surface area contributed by atoms with Gasteiger partial charge in [0.15, 0.2) is 5.78 Å². The second-order valence-corrected chi connectivity index (χ2v) is 5.98. The molecule has 5 heteroatoms. The lowest BCUT2D eigenvalue weighted by Gasteiger charge is -2.13. The molecule has 0 saturated carbocycles. The largest absolute Gasteiger partial charge is 0.395 e. The van der Waals surface area contributed by atoms with Gasteiger partial charge in [0.25, 0.3) is 5.56 Å². The zero-order valence-corrected chi connectivity index (χ0v) is 13.2. The molecule has 0 radical (unpaired) electrons. The lowest BCUT2D eigenvalue weighted by atomic mass is 9.95. The van der Waals surface area contributed by atoms with E-state index in [2.05, 4.69) is 4.98 Å². The number of aliphatic hydroxyl groups excluding tert-OH is 1. The summed E-state index contributed by atoms with van der Waals surface area (Å²) < 4.78 is 1.52. The summed E-state index contributed by atoms with van der Waals surface area (Å²) in [5.74, 6) is -0.148. The van der Waals surface area contributed by atoms with Gasteiger partial charge in [-0.2, -0.15) is 0 Å². The smallest absolute Gasteiger partial charge is 0.255 e. The van der Waals surface area contributed by atoms with Gasteiger partial charge in [0.05, 0.1) is 23.0 Å². The summed E-state index contributed by atoms with van der Waals surface area (Å²) >= 11 is 0. The van der Waals surface area contributed by atoms with E-state index in [-0.39, 0.29) is 23.9 Å². The van der Waals surface area contributed by atoms with Crippen molar-refractivity contribution in [3.63, 3.8) is 0 Å². The number of aliphatic hydroxyl groups is 1. The number of aromatic nitrogens is 2. The monoisotopic (exact) mass is 320 g/mol. The summed E-state index contributed by atoms with van der Waals surface area (Å²) in [6.07, 6.45) is 7.80. The fraction of sp³-hybridized carbons (Fsp3) is 0.211. The molecular formula is C19H16N2O3. The average Bonchev–Trinajstić information content (AvgIpc) is 2.97. The number of carbonyl (C=O) groups is 1. The fourth-order valence-corrected chi connectivity index (χ4v) is 3.24. The molecule has 1 aliphatic rings. The molecule has 3 aromatic heterocycles. The first-order valence-corrected chi connectivity index (χ1v) is 7.94. The SMILES string of the molecule is CCC(=O)c1cc(=O)n2cc3cc4c(nc3c2c1)=CC=CC4CO. The average molecular weight is 320 g/mol. The highest BCUT2D eigenvalue weighted by Crippen LogP contribution is 2.24. The first-order valence-electron chi connectivity index (χ1n) is 7.94. The Balaban J connectivity index is 2.07. The van der Waals surface area contributed by atoms with Gasteiger partial charge < -0.3 is 5.11 Å². The minimum Gasteiger partial charge on any atom is -0.395 e. The summed E-state index contributed by atoms with van der Waals surface area (Å²) in [4.78, 5) is 29.0. The molecule has 0 amide bonds. The molecule has 0 aliphatic heterocycles. The number of fused-ring (bicyclic) bond motifs is 4. The van der Waals surface area contributed by atoms with Crippen LogP contribution in [0.15, 0.2) is 41.3 Å². The predicted octanol–water partition coefficient (Wildman–Crippen LogP) is 1.59. The lowest BCUT2D eigenvalue weighted by molar-refractivity contribution is 0.0988. The zero-order chi connectivity index (χ0) is 16.8. The quantitative estimate of drug-likeness (QED) is 0.744. The van der Waals surface area contributed by atoms with Crippen LogP contribution in [0, 0.1) is 0 Å². The van der Waals surface area contributed by atoms with E-state index in [1.807, 2.05) is 24.3 Å². The standard InChI is InChI=1S/C19H16N2O3/c1-2-17(23)12-7-16-19-13(9-21(16)18(24)8-12)6-14-11(10-22)4-3-5-15(14)20-19/h3-9,11,22H,2,10H2,1H3. The van der Waals surface area contributed by atoms with Crippen LogP contribution in [0.1, 0.15) is 35.2 Å². The first-order chi connectivity index (χ1) is 11.6. The van der Waals surface area contributed by atoms with E-state index in [0.29, 0.717) is 23.0 Å². The van der Waals surface area contributed by atoms with Crippen LogP contribution in [0.5, 0.6) is 0 Å². The number of hydrogen-bond donors (Lipinski definition) is 1. The molecule has 3 aromatic rings. The number of pyridine rings is 2. The summed E-state index contributed by atoms with van der Waals surface area (Å²) in [7, 11) is 0. The van der Waals surface area contributed by atoms with Crippen LogP contribution in [0.4, 0.5) is 0 Å². The van der Waals surface area contributed by atoms with E-state index in [1.165, 1.54) is 10.5 Å². The number of hydrogen-bond acceptors (Lipinski definition) is 4. The van der Waals surface area contributed by atoms with Gasteiger partial charge in [0.2, 0.25) is 0 Å². The Morgan fingerprint density at radius 1 is 1.33 bits per heavy atom. The van der Waals surface area contributed by atoms with E-state index < -0.39 is 0 Å². The molecule has 0 bridgehead atoms. The number of Topliss-reactive ketones (excluding diaryl/α,β-unsaturated/α-hetero) is 1. The third-order valence-corrected chi connectivity index (χ3v) is 4.53. The topological polar surface area (TPSA) is 71.7 Å². The van der Waals surface area contributed by atoms with Crippen molar-refractivity contribution in [2.75, 3.05) is 6.61 Å². The molecule has 3 heterocycles. The Morgan fingerprint density at radius 2 is 2.17 bits per heavy atom. The Bertz CT molecular complexity index is 1130. The molecular weight excluding hydrogens is 304 g/mol. The molecule has 5 nitrogen and oxygen atoms in total. The first kappa shape index (κ1) is 14.8. The third-order valence-electron chi connectivity index (χ3n) is 4.53. The van der Waals surface area contributed by atoms with Crippen molar-refractivity contribution in [1.29, 1.82) is 0 Å². The second-order valence-electron chi connectivity index (χ2n) is 5.98. The van der Waals surface area contributed by atoms with Crippen LogP contribution in [0.2, 0.25) is 0 Å². The summed E-state index contributed by atoms with van der Waals surface area (Å²) in [6, 6.07) is 5.07. The number of ketones is 1. The van der Waals surface area contributed by atoms with E-state index in [0.717, 1.165) is 16.3 Å². The van der Waals surface area contributed by atoms with Crippen LogP contribution in [0.25, 0.3) is 22.5 Å². The van der Waals surface area contributed by atoms with E-state index in [1.54, 1.807) is 19.2 Å². The number of rotatable bonds is 3. The van der Waals surface area contributed by atoms with Gasteiger partial charge in [0.1, 0.15) is 0 Å². The van der Waals surface area contributed by atoms with Gasteiger partial charge in [-0.15, -0.1) is 0 Å². The molecule has 24 heavy (non-hydrogen) atoms. The van der Waals surface area contributed by atoms with Crippen LogP contribution >= 0.6 is 0 Å². The third kappa shape index (κ3) is 2.09. The number of nitrogens with zero attached hydrogens (tertiary/aromatic N) is 2. The molecule has 0 fully saturated rings. The Morgan fingerprint density at radius 3 is 2.92 bits per heavy atom. The summed E-state index contributed by atoms with van der Waals surface area (Å²) in [5, 5.41) is 11.1. The fourth-order valence-electron chi connectivity index (χ4n) is 3.24. The molecule has 0 aromatic carbocycles. The van der Waals surface area contributed by atoms with Crippen molar-refractivity contribution in [3.05, 3.63) is 63.4 Å². The Hall–Kier alpha value is -2.79. The summed E-state index contributed by atoms with van der Waals surface area (Å²) in [6.45, 7) is 1.79. The highest BCUT2D eigenvalue weighted by molar-refractivity contribution is 6.01. The van der Waals surface area contributed by atoms with Crippen molar-refractivity contribution in [2.45, 2.75) is 19.3 Å². The van der Waals surface area contributed by atoms with E-state index in [4.69, 9.17) is 0 Å². The van der Waals surface area contributed by atoms with Crippen molar-refractivity contribution in [2.24, 2.45) is 0 Å². The highest BCUT2D eigenvalue weighted by atomic mass is 16.3. The molecule has 0 spiro atoms. The van der Waals surface area contributed by atoms with E-state index >= 15 is 0 Å². The lowest BCUT2D eigenvalue weighted by Crippen LogP contribution is -2.20. The van der Waals surface area contributed by atoms with Crippen molar-refractivity contribution < 1.29 is 9.90 Å². The Labute approximate surface area is 137 Å². The van der Waals surface area contributed by atoms with Gasteiger partial charge in [-0.3, -0.25) is 14.0 Å². The van der Waals surface area contributed by atoms with Crippen LogP contribution in [0.3, 0.4) is 0 Å². The second kappa shape index (κ2) is 5.39. The van der Waals surface area contributed by atoms with Gasteiger partial charge in [0, 0.05) is 35.6 Å². The molecule has 1 atom stereocenters. The molecule has 1 unspecified atom stereocenters. The molecule has 120 valence electrons. The van der Waals surface area contributed by atoms with Crippen LogP contribution in [-0.4, -0.2) is 26.9 Å². The molecule has 1 N–H and O–H groups in total. The normalized spacial score (nSPS) is 16.3. The zero-order valence-electron chi connectivity index (χ0n) is 13.2. The van der Waals surface area contributed by atoms with Crippen molar-refractivity contribution in [3.8, 4) is 0 Å². The maximum Gasteiger partial charge on any atom is 0.255 e. The van der Waals surface area contributed by atoms with Crippen molar-refractivity contribution >= 4 is 28.3 Å².